The van der Waals surface area contributed by atoms with Crippen LogP contribution in [0.4, 0.5) is 11.4 Å². The lowest BCUT2D eigenvalue weighted by molar-refractivity contribution is -0.119. The van der Waals surface area contributed by atoms with E-state index < -0.39 is 31.9 Å². The summed E-state index contributed by atoms with van der Waals surface area (Å²) in [6, 6.07) is 11.8. The zero-order valence-electron chi connectivity index (χ0n) is 13.6. The van der Waals surface area contributed by atoms with Gasteiger partial charge in [-0.1, -0.05) is 22.9 Å². The normalized spacial score (nSPS) is 19.5. The number of nitrogens with one attached hydrogen (secondary N) is 1. The Balaban J connectivity index is 1.87. The van der Waals surface area contributed by atoms with Gasteiger partial charge in [0.25, 0.3) is 10.0 Å². The molecule has 0 spiro atoms. The number of hydrogen-bond acceptors (Lipinski definition) is 5. The zero-order valence-corrected chi connectivity index (χ0v) is 16.8. The molecule has 0 bridgehead atoms. The second-order valence-electron chi connectivity index (χ2n) is 5.89. The summed E-state index contributed by atoms with van der Waals surface area (Å²) in [7, 11) is -7.56. The molecule has 1 fully saturated rings. The van der Waals surface area contributed by atoms with E-state index in [0.717, 1.165) is 8.78 Å². The Labute approximate surface area is 160 Å². The summed E-state index contributed by atoms with van der Waals surface area (Å²) in [4.78, 5) is 12.0. The van der Waals surface area contributed by atoms with Crippen LogP contribution in [-0.4, -0.2) is 28.5 Å². The highest BCUT2D eigenvalue weighted by Crippen LogP contribution is 2.29. The van der Waals surface area contributed by atoms with Gasteiger partial charge >= 0.3 is 0 Å². The van der Waals surface area contributed by atoms with Crippen LogP contribution in [0.2, 0.25) is 0 Å². The average molecular weight is 459 g/mol. The van der Waals surface area contributed by atoms with Crippen molar-refractivity contribution in [2.75, 3.05) is 14.8 Å². The number of carbonyl (C=O) groups excluding carboxylic acids is 1. The molecular formula is C16H15BrN2O5S2. The van der Waals surface area contributed by atoms with Crippen molar-refractivity contribution in [3.63, 3.8) is 0 Å². The van der Waals surface area contributed by atoms with Crippen molar-refractivity contribution in [3.8, 4) is 0 Å². The Morgan fingerprint density at radius 3 is 2.15 bits per heavy atom. The summed E-state index contributed by atoms with van der Waals surface area (Å²) in [5.41, 5.74) is 0.519. The molecule has 138 valence electrons. The Hall–Kier alpha value is -1.91. The summed E-state index contributed by atoms with van der Waals surface area (Å²) in [6.07, 6.45) is 0. The van der Waals surface area contributed by atoms with Crippen LogP contribution in [0.25, 0.3) is 0 Å². The van der Waals surface area contributed by atoms with Gasteiger partial charge in [0.1, 0.15) is 0 Å². The number of nitrogens with zero attached hydrogens (tertiary/aromatic N) is 1. The van der Waals surface area contributed by atoms with Crippen LogP contribution in [0, 0.1) is 5.92 Å². The maximum Gasteiger partial charge on any atom is 0.261 e. The van der Waals surface area contributed by atoms with Crippen molar-refractivity contribution in [1.29, 1.82) is 0 Å². The molecule has 0 aromatic heterocycles. The Kier molecular flexibility index (Phi) is 4.84. The monoisotopic (exact) mass is 458 g/mol. The highest BCUT2D eigenvalue weighted by atomic mass is 79.9. The molecule has 7 nitrogen and oxygen atoms in total. The van der Waals surface area contributed by atoms with Crippen LogP contribution in [0.3, 0.4) is 0 Å². The van der Waals surface area contributed by atoms with E-state index in [1.807, 2.05) is 0 Å². The third-order valence-electron chi connectivity index (χ3n) is 3.84. The van der Waals surface area contributed by atoms with E-state index in [2.05, 4.69) is 20.7 Å². The molecule has 1 aliphatic rings. The van der Waals surface area contributed by atoms with E-state index in [-0.39, 0.29) is 16.3 Å². The topological polar surface area (TPSA) is 101 Å². The Morgan fingerprint density at radius 1 is 1.08 bits per heavy atom. The molecule has 26 heavy (non-hydrogen) atoms. The third-order valence-corrected chi connectivity index (χ3v) is 7.63. The highest BCUT2D eigenvalue weighted by Gasteiger charge is 2.41. The standard InChI is InChI=1S/C16H15BrN2O5S2/c1-11-10-25(21,22)19(16(11)20)14-6-8-15(9-7-14)26(23,24)18-13-4-2-12(17)3-5-13/h2-9,11,18H,10H2,1H3/t11-/m1/s1. The molecule has 2 aromatic rings. The quantitative estimate of drug-likeness (QED) is 0.758. The van der Waals surface area contributed by atoms with Gasteiger partial charge in [-0.3, -0.25) is 9.52 Å². The molecule has 1 aliphatic heterocycles. The van der Waals surface area contributed by atoms with Gasteiger partial charge in [-0.25, -0.2) is 21.1 Å². The summed E-state index contributed by atoms with van der Waals surface area (Å²) in [5, 5.41) is 0. The first-order valence-corrected chi connectivity index (χ1v) is 11.4. The lowest BCUT2D eigenvalue weighted by Crippen LogP contribution is -2.30. The van der Waals surface area contributed by atoms with E-state index in [1.54, 1.807) is 31.2 Å². The van der Waals surface area contributed by atoms with Crippen molar-refractivity contribution >= 4 is 53.3 Å². The number of amides is 1. The summed E-state index contributed by atoms with van der Waals surface area (Å²) >= 11 is 3.27. The van der Waals surface area contributed by atoms with Gasteiger partial charge in [0, 0.05) is 10.2 Å². The lowest BCUT2D eigenvalue weighted by Gasteiger charge is -2.16. The number of rotatable bonds is 4. The molecule has 1 saturated heterocycles. The average Bonchev–Trinajstić information content (AvgIpc) is 2.77. The minimum atomic E-state index is -3.84. The number of carbonyl (C=O) groups is 1. The number of halogens is 1. The van der Waals surface area contributed by atoms with E-state index >= 15 is 0 Å². The van der Waals surface area contributed by atoms with Crippen LogP contribution in [0.5, 0.6) is 0 Å². The van der Waals surface area contributed by atoms with Crippen LogP contribution < -0.4 is 9.03 Å². The predicted octanol–water partition coefficient (Wildman–Crippen LogP) is 2.56. The van der Waals surface area contributed by atoms with Gasteiger partial charge < -0.3 is 0 Å². The second kappa shape index (κ2) is 6.67. The van der Waals surface area contributed by atoms with Gasteiger partial charge in [-0.15, -0.1) is 0 Å². The molecule has 0 radical (unpaired) electrons. The molecular weight excluding hydrogens is 444 g/mol. The minimum Gasteiger partial charge on any atom is -0.280 e. The number of benzene rings is 2. The van der Waals surface area contributed by atoms with E-state index in [9.17, 15) is 21.6 Å². The van der Waals surface area contributed by atoms with E-state index in [1.165, 1.54) is 24.3 Å². The van der Waals surface area contributed by atoms with Crippen LogP contribution in [0.15, 0.2) is 57.9 Å². The predicted molar refractivity (Wildman–Crippen MR) is 102 cm³/mol. The summed E-state index contributed by atoms with van der Waals surface area (Å²) in [6.45, 7) is 1.54. The molecule has 1 amide bonds. The van der Waals surface area contributed by atoms with Gasteiger partial charge in [0.05, 0.1) is 22.3 Å². The van der Waals surface area contributed by atoms with E-state index in [4.69, 9.17) is 0 Å². The largest absolute Gasteiger partial charge is 0.280 e. The highest BCUT2D eigenvalue weighted by molar-refractivity contribution is 9.10. The van der Waals surface area contributed by atoms with Crippen LogP contribution in [0.1, 0.15) is 6.92 Å². The van der Waals surface area contributed by atoms with Gasteiger partial charge in [0.15, 0.2) is 0 Å². The number of sulfonamides is 2. The number of anilines is 2. The lowest BCUT2D eigenvalue weighted by atomic mass is 10.2. The maximum atomic E-state index is 12.4. The zero-order chi connectivity index (χ0) is 19.1. The first-order chi connectivity index (χ1) is 12.1. The molecule has 10 heteroatoms. The smallest absolute Gasteiger partial charge is 0.261 e. The van der Waals surface area contributed by atoms with Gasteiger partial charge in [0.2, 0.25) is 15.9 Å². The van der Waals surface area contributed by atoms with Crippen molar-refractivity contribution in [2.45, 2.75) is 11.8 Å². The molecule has 0 aliphatic carbocycles. The van der Waals surface area contributed by atoms with Crippen molar-refractivity contribution in [1.82, 2.24) is 0 Å². The summed E-state index contributed by atoms with van der Waals surface area (Å²) < 4.78 is 53.1. The Morgan fingerprint density at radius 2 is 1.65 bits per heavy atom. The van der Waals surface area contributed by atoms with Crippen LogP contribution in [-0.2, 0) is 24.8 Å². The second-order valence-corrected chi connectivity index (χ2v) is 10.3. The fourth-order valence-electron chi connectivity index (χ4n) is 2.58. The van der Waals surface area contributed by atoms with Crippen LogP contribution >= 0.6 is 15.9 Å². The summed E-state index contributed by atoms with van der Waals surface area (Å²) in [5.74, 6) is -1.40. The first kappa shape index (κ1) is 18.9. The molecule has 0 unspecified atom stereocenters. The van der Waals surface area contributed by atoms with Gasteiger partial charge in [-0.05, 0) is 48.5 Å². The molecule has 1 heterocycles. The third kappa shape index (κ3) is 3.62. The SMILES string of the molecule is C[C@@H]1CS(=O)(=O)N(c2ccc(S(=O)(=O)Nc3ccc(Br)cc3)cc2)C1=O. The minimum absolute atomic E-state index is 0.0405. The maximum absolute atomic E-state index is 12.4. The molecule has 2 aromatic carbocycles. The van der Waals surface area contributed by atoms with Crippen molar-refractivity contribution in [2.24, 2.45) is 5.92 Å². The molecule has 1 atom stereocenters. The molecule has 1 N–H and O–H groups in total. The number of hydrogen-bond donors (Lipinski definition) is 1. The first-order valence-electron chi connectivity index (χ1n) is 7.55. The fraction of sp³-hybridized carbons (Fsp3) is 0.188. The fourth-order valence-corrected chi connectivity index (χ4v) is 5.72. The molecule has 3 rings (SSSR count). The Bertz CT molecular complexity index is 1050. The molecule has 0 saturated carbocycles. The van der Waals surface area contributed by atoms with Crippen molar-refractivity contribution < 1.29 is 21.6 Å². The van der Waals surface area contributed by atoms with Gasteiger partial charge in [-0.2, -0.15) is 0 Å². The van der Waals surface area contributed by atoms with E-state index in [0.29, 0.717) is 5.69 Å². The van der Waals surface area contributed by atoms with Crippen molar-refractivity contribution in [3.05, 3.63) is 53.0 Å².